The van der Waals surface area contributed by atoms with Crippen molar-refractivity contribution in [1.82, 2.24) is 19.4 Å². The van der Waals surface area contributed by atoms with Gasteiger partial charge >= 0.3 is 0 Å². The van der Waals surface area contributed by atoms with E-state index < -0.39 is 10.0 Å². The number of aromatic nitrogens is 2. The van der Waals surface area contributed by atoms with Crippen molar-refractivity contribution in [2.24, 2.45) is 0 Å². The van der Waals surface area contributed by atoms with Crippen LogP contribution in [0.1, 0.15) is 17.0 Å². The second kappa shape index (κ2) is 8.47. The lowest BCUT2D eigenvalue weighted by molar-refractivity contribution is 0.168. The molecule has 2 heterocycles. The van der Waals surface area contributed by atoms with E-state index in [1.54, 1.807) is 22.5 Å². The highest BCUT2D eigenvalue weighted by molar-refractivity contribution is 7.89. The zero-order chi connectivity index (χ0) is 21.3. The Morgan fingerprint density at radius 2 is 1.70 bits per heavy atom. The zero-order valence-corrected chi connectivity index (χ0v) is 18.4. The van der Waals surface area contributed by atoms with Crippen LogP contribution in [0.2, 0.25) is 5.02 Å². The van der Waals surface area contributed by atoms with Crippen molar-refractivity contribution >= 4 is 21.6 Å². The largest absolute Gasteiger partial charge is 0.419 e. The van der Waals surface area contributed by atoms with Gasteiger partial charge in [0.25, 0.3) is 0 Å². The van der Waals surface area contributed by atoms with Crippen LogP contribution < -0.4 is 0 Å². The fourth-order valence-electron chi connectivity index (χ4n) is 3.57. The van der Waals surface area contributed by atoms with E-state index >= 15 is 0 Å². The third-order valence-corrected chi connectivity index (χ3v) is 7.51. The summed E-state index contributed by atoms with van der Waals surface area (Å²) < 4.78 is 33.4. The van der Waals surface area contributed by atoms with E-state index in [2.05, 4.69) is 15.1 Å². The average Bonchev–Trinajstić information content (AvgIpc) is 3.17. The summed E-state index contributed by atoms with van der Waals surface area (Å²) >= 11 is 5.91. The van der Waals surface area contributed by atoms with E-state index in [-0.39, 0.29) is 0 Å². The quantitative estimate of drug-likeness (QED) is 0.596. The third kappa shape index (κ3) is 4.41. The Morgan fingerprint density at radius 1 is 1.00 bits per heavy atom. The molecular weight excluding hydrogens is 424 g/mol. The first-order valence-electron chi connectivity index (χ1n) is 9.71. The lowest BCUT2D eigenvalue weighted by Gasteiger charge is -2.33. The van der Waals surface area contributed by atoms with E-state index in [4.69, 9.17) is 16.0 Å². The van der Waals surface area contributed by atoms with Crippen LogP contribution in [0.25, 0.3) is 11.5 Å². The van der Waals surface area contributed by atoms with E-state index in [9.17, 15) is 8.42 Å². The molecule has 0 radical (unpaired) electrons. The number of halogens is 1. The summed E-state index contributed by atoms with van der Waals surface area (Å²) in [6, 6.07) is 12.6. The highest BCUT2D eigenvalue weighted by atomic mass is 35.5. The average molecular weight is 447 g/mol. The minimum absolute atomic E-state index is 0.381. The number of aryl methyl sites for hydroxylation is 2. The van der Waals surface area contributed by atoms with Crippen LogP contribution in [0.3, 0.4) is 0 Å². The van der Waals surface area contributed by atoms with Gasteiger partial charge in [-0.2, -0.15) is 4.31 Å². The van der Waals surface area contributed by atoms with Gasteiger partial charge in [0, 0.05) is 36.8 Å². The predicted octanol–water partition coefficient (Wildman–Crippen LogP) is 3.51. The van der Waals surface area contributed by atoms with Gasteiger partial charge in [-0.1, -0.05) is 29.3 Å². The van der Waals surface area contributed by atoms with E-state index in [0.717, 1.165) is 16.7 Å². The first kappa shape index (κ1) is 21.0. The molecule has 0 saturated carbocycles. The molecule has 2 aromatic carbocycles. The van der Waals surface area contributed by atoms with Gasteiger partial charge in [0.15, 0.2) is 0 Å². The van der Waals surface area contributed by atoms with Crippen molar-refractivity contribution in [3.63, 3.8) is 0 Å². The third-order valence-electron chi connectivity index (χ3n) is 5.20. The first-order chi connectivity index (χ1) is 14.3. The molecular formula is C21H23ClN4O3S. The number of benzene rings is 2. The molecule has 1 aromatic heterocycles. The molecule has 9 heteroatoms. The summed E-state index contributed by atoms with van der Waals surface area (Å²) in [6.45, 7) is 6.33. The SMILES string of the molecule is Cc1ccc(S(=O)(=O)N2CCN(Cc3nnc(-c4ccc(Cl)cc4)o3)CC2)c(C)c1. The maximum atomic E-state index is 13.0. The van der Waals surface area contributed by atoms with Gasteiger partial charge in [0.1, 0.15) is 0 Å². The van der Waals surface area contributed by atoms with E-state index in [1.165, 1.54) is 0 Å². The van der Waals surface area contributed by atoms with Gasteiger partial charge in [-0.3, -0.25) is 4.90 Å². The van der Waals surface area contributed by atoms with E-state index in [0.29, 0.717) is 54.4 Å². The Hall–Kier alpha value is -2.26. The molecule has 0 aliphatic carbocycles. The van der Waals surface area contributed by atoms with Crippen molar-refractivity contribution in [3.05, 3.63) is 64.5 Å². The summed E-state index contributed by atoms with van der Waals surface area (Å²) in [5.41, 5.74) is 2.63. The Labute approximate surface area is 181 Å². The van der Waals surface area contributed by atoms with Gasteiger partial charge < -0.3 is 4.42 Å². The summed E-state index contributed by atoms with van der Waals surface area (Å²) in [7, 11) is -3.50. The van der Waals surface area contributed by atoms with Crippen molar-refractivity contribution in [2.45, 2.75) is 25.3 Å². The van der Waals surface area contributed by atoms with Crippen molar-refractivity contribution in [3.8, 4) is 11.5 Å². The van der Waals surface area contributed by atoms with Gasteiger partial charge in [0.2, 0.25) is 21.8 Å². The summed E-state index contributed by atoms with van der Waals surface area (Å²) in [6.07, 6.45) is 0. The lowest BCUT2D eigenvalue weighted by atomic mass is 10.2. The molecule has 0 amide bonds. The summed E-state index contributed by atoms with van der Waals surface area (Å²) in [4.78, 5) is 2.50. The summed E-state index contributed by atoms with van der Waals surface area (Å²) in [5.74, 6) is 0.948. The molecule has 0 spiro atoms. The Balaban J connectivity index is 1.38. The van der Waals surface area contributed by atoms with Gasteiger partial charge in [0.05, 0.1) is 11.4 Å². The fourth-order valence-corrected chi connectivity index (χ4v) is 5.33. The van der Waals surface area contributed by atoms with Crippen LogP contribution in [0.5, 0.6) is 0 Å². The van der Waals surface area contributed by atoms with Crippen LogP contribution in [0.4, 0.5) is 0 Å². The molecule has 7 nitrogen and oxygen atoms in total. The Morgan fingerprint density at radius 3 is 2.37 bits per heavy atom. The van der Waals surface area contributed by atoms with Gasteiger partial charge in [-0.05, 0) is 49.7 Å². The molecule has 0 N–H and O–H groups in total. The van der Waals surface area contributed by atoms with Crippen molar-refractivity contribution in [1.29, 1.82) is 0 Å². The minimum Gasteiger partial charge on any atom is -0.419 e. The molecule has 4 rings (SSSR count). The van der Waals surface area contributed by atoms with Crippen LogP contribution in [0, 0.1) is 13.8 Å². The van der Waals surface area contributed by atoms with Crippen molar-refractivity contribution < 1.29 is 12.8 Å². The number of hydrogen-bond acceptors (Lipinski definition) is 6. The van der Waals surface area contributed by atoms with Crippen LogP contribution in [-0.4, -0.2) is 54.0 Å². The highest BCUT2D eigenvalue weighted by Crippen LogP contribution is 2.23. The highest BCUT2D eigenvalue weighted by Gasteiger charge is 2.30. The molecule has 1 saturated heterocycles. The molecule has 0 bridgehead atoms. The first-order valence-corrected chi connectivity index (χ1v) is 11.5. The maximum absolute atomic E-state index is 13.0. The van der Waals surface area contributed by atoms with Crippen molar-refractivity contribution in [2.75, 3.05) is 26.2 Å². The summed E-state index contributed by atoms with van der Waals surface area (Å²) in [5, 5.41) is 8.87. The monoisotopic (exact) mass is 446 g/mol. The van der Waals surface area contributed by atoms with Crippen LogP contribution in [-0.2, 0) is 16.6 Å². The van der Waals surface area contributed by atoms with Crippen LogP contribution >= 0.6 is 11.6 Å². The normalized spacial score (nSPS) is 16.1. The van der Waals surface area contributed by atoms with Gasteiger partial charge in [-0.15, -0.1) is 10.2 Å². The van der Waals surface area contributed by atoms with E-state index in [1.807, 2.05) is 38.1 Å². The lowest BCUT2D eigenvalue weighted by Crippen LogP contribution is -2.48. The number of hydrogen-bond donors (Lipinski definition) is 0. The molecule has 158 valence electrons. The zero-order valence-electron chi connectivity index (χ0n) is 16.9. The topological polar surface area (TPSA) is 79.5 Å². The Kier molecular flexibility index (Phi) is 5.92. The molecule has 0 atom stereocenters. The van der Waals surface area contributed by atoms with Crippen LogP contribution in [0.15, 0.2) is 51.8 Å². The number of piperazine rings is 1. The number of nitrogens with zero attached hydrogens (tertiary/aromatic N) is 4. The molecule has 30 heavy (non-hydrogen) atoms. The number of sulfonamides is 1. The smallest absolute Gasteiger partial charge is 0.247 e. The molecule has 3 aromatic rings. The second-order valence-corrected chi connectivity index (χ2v) is 9.80. The molecule has 1 aliphatic heterocycles. The maximum Gasteiger partial charge on any atom is 0.247 e. The second-order valence-electron chi connectivity index (χ2n) is 7.46. The predicted molar refractivity (Wildman–Crippen MR) is 115 cm³/mol. The standard InChI is InChI=1S/C21H23ClN4O3S/c1-15-3-8-19(16(2)13-15)30(27,28)26-11-9-25(10-12-26)14-20-23-24-21(29-20)17-4-6-18(22)7-5-17/h3-8,13H,9-12,14H2,1-2H3. The Bertz CT molecular complexity index is 1140. The molecule has 0 unspecified atom stereocenters. The molecule has 1 aliphatic rings. The number of rotatable bonds is 5. The minimum atomic E-state index is -3.50. The van der Waals surface area contributed by atoms with Gasteiger partial charge in [-0.25, -0.2) is 8.42 Å². The fraction of sp³-hybridized carbons (Fsp3) is 0.333. The molecule has 1 fully saturated rings.